The van der Waals surface area contributed by atoms with Gasteiger partial charge in [0.25, 0.3) is 0 Å². The molecule has 1 aromatic carbocycles. The number of amides is 2. The van der Waals surface area contributed by atoms with Crippen molar-refractivity contribution in [2.45, 2.75) is 37.8 Å². The number of aryl methyl sites for hydroxylation is 1. The van der Waals surface area contributed by atoms with Crippen molar-refractivity contribution < 1.29 is 9.90 Å². The van der Waals surface area contributed by atoms with E-state index in [1.165, 1.54) is 0 Å². The zero-order valence-corrected chi connectivity index (χ0v) is 13.2. The number of benzene rings is 1. The maximum atomic E-state index is 12.2. The second-order valence-corrected chi connectivity index (χ2v) is 5.99. The first-order chi connectivity index (χ1) is 11.1. The molecule has 23 heavy (non-hydrogen) atoms. The van der Waals surface area contributed by atoms with Gasteiger partial charge in [0.1, 0.15) is 5.69 Å². The molecule has 0 bridgehead atoms. The fraction of sp³-hybridized carbons (Fsp3) is 0.412. The molecule has 2 atom stereocenters. The molecule has 1 saturated carbocycles. The molecule has 0 saturated heterocycles. The van der Waals surface area contributed by atoms with Crippen molar-refractivity contribution >= 4 is 11.7 Å². The third kappa shape index (κ3) is 3.71. The number of hydrogen-bond donors (Lipinski definition) is 3. The summed E-state index contributed by atoms with van der Waals surface area (Å²) in [5, 5.41) is 20.1. The lowest BCUT2D eigenvalue weighted by Gasteiger charge is -2.28. The van der Waals surface area contributed by atoms with Crippen LogP contribution in [0, 0.1) is 0 Å². The topological polar surface area (TPSA) is 79.2 Å². The maximum Gasteiger partial charge on any atom is 0.319 e. The van der Waals surface area contributed by atoms with Crippen LogP contribution in [-0.2, 0) is 7.05 Å². The van der Waals surface area contributed by atoms with Crippen LogP contribution in [0.5, 0.6) is 0 Å². The average molecular weight is 314 g/mol. The van der Waals surface area contributed by atoms with E-state index in [2.05, 4.69) is 15.7 Å². The number of rotatable bonds is 3. The van der Waals surface area contributed by atoms with Crippen LogP contribution < -0.4 is 10.6 Å². The van der Waals surface area contributed by atoms with Crippen LogP contribution in [0.15, 0.2) is 36.5 Å². The second kappa shape index (κ2) is 6.83. The number of nitrogens with zero attached hydrogens (tertiary/aromatic N) is 2. The van der Waals surface area contributed by atoms with E-state index in [1.54, 1.807) is 10.9 Å². The number of hydrogen-bond acceptors (Lipinski definition) is 3. The Morgan fingerprint density at radius 3 is 2.74 bits per heavy atom. The van der Waals surface area contributed by atoms with Gasteiger partial charge in [-0.2, -0.15) is 5.10 Å². The Labute approximate surface area is 135 Å². The Balaban J connectivity index is 1.71. The molecule has 0 aliphatic heterocycles. The van der Waals surface area contributed by atoms with E-state index in [0.29, 0.717) is 5.69 Å². The summed E-state index contributed by atoms with van der Waals surface area (Å²) in [6.45, 7) is 0. The Morgan fingerprint density at radius 1 is 1.26 bits per heavy atom. The smallest absolute Gasteiger partial charge is 0.319 e. The molecular weight excluding hydrogens is 292 g/mol. The first-order valence-electron chi connectivity index (χ1n) is 7.98. The van der Waals surface area contributed by atoms with E-state index < -0.39 is 6.10 Å². The minimum Gasteiger partial charge on any atom is -0.391 e. The molecule has 1 aromatic heterocycles. The van der Waals surface area contributed by atoms with Gasteiger partial charge in [-0.1, -0.05) is 43.2 Å². The van der Waals surface area contributed by atoms with Crippen LogP contribution >= 0.6 is 0 Å². The van der Waals surface area contributed by atoms with Gasteiger partial charge in [0.15, 0.2) is 0 Å². The molecule has 0 radical (unpaired) electrons. The number of nitrogens with one attached hydrogen (secondary N) is 2. The fourth-order valence-electron chi connectivity index (χ4n) is 3.00. The van der Waals surface area contributed by atoms with Crippen molar-refractivity contribution in [3.8, 4) is 11.3 Å². The molecule has 1 heterocycles. The summed E-state index contributed by atoms with van der Waals surface area (Å²) in [6, 6.07) is 9.24. The summed E-state index contributed by atoms with van der Waals surface area (Å²) < 4.78 is 1.67. The largest absolute Gasteiger partial charge is 0.391 e. The van der Waals surface area contributed by atoms with Gasteiger partial charge >= 0.3 is 6.03 Å². The monoisotopic (exact) mass is 314 g/mol. The molecule has 6 heteroatoms. The lowest BCUT2D eigenvalue weighted by atomic mass is 9.93. The zero-order valence-electron chi connectivity index (χ0n) is 13.2. The van der Waals surface area contributed by atoms with Crippen LogP contribution in [0.2, 0.25) is 0 Å². The van der Waals surface area contributed by atoms with Gasteiger partial charge in [-0.05, 0) is 12.8 Å². The van der Waals surface area contributed by atoms with Gasteiger partial charge in [0.2, 0.25) is 0 Å². The molecule has 1 aliphatic rings. The highest BCUT2D eigenvalue weighted by Crippen LogP contribution is 2.26. The summed E-state index contributed by atoms with van der Waals surface area (Å²) in [5.74, 6) is 0. The number of carbonyl (C=O) groups is 1. The molecular formula is C17H22N4O2. The van der Waals surface area contributed by atoms with Crippen molar-refractivity contribution in [3.05, 3.63) is 36.5 Å². The minimum absolute atomic E-state index is 0.180. The highest BCUT2D eigenvalue weighted by Gasteiger charge is 2.25. The lowest BCUT2D eigenvalue weighted by Crippen LogP contribution is -2.46. The summed E-state index contributed by atoms with van der Waals surface area (Å²) in [4.78, 5) is 12.2. The summed E-state index contributed by atoms with van der Waals surface area (Å²) in [7, 11) is 1.82. The van der Waals surface area contributed by atoms with E-state index in [-0.39, 0.29) is 12.1 Å². The van der Waals surface area contributed by atoms with Crippen LogP contribution in [-0.4, -0.2) is 33.1 Å². The number of carbonyl (C=O) groups excluding carboxylic acids is 1. The second-order valence-electron chi connectivity index (χ2n) is 5.99. The first kappa shape index (κ1) is 15.6. The molecule has 122 valence electrons. The van der Waals surface area contributed by atoms with E-state index in [4.69, 9.17) is 0 Å². The van der Waals surface area contributed by atoms with Crippen molar-refractivity contribution in [3.63, 3.8) is 0 Å². The third-order valence-corrected chi connectivity index (χ3v) is 4.17. The van der Waals surface area contributed by atoms with Crippen LogP contribution in [0.25, 0.3) is 11.3 Å². The van der Waals surface area contributed by atoms with Crippen molar-refractivity contribution in [1.29, 1.82) is 0 Å². The highest BCUT2D eigenvalue weighted by molar-refractivity contribution is 5.93. The van der Waals surface area contributed by atoms with Crippen LogP contribution in [0.4, 0.5) is 10.5 Å². The lowest BCUT2D eigenvalue weighted by molar-refractivity contribution is 0.0955. The van der Waals surface area contributed by atoms with Crippen molar-refractivity contribution in [2.75, 3.05) is 5.32 Å². The molecule has 2 unspecified atom stereocenters. The summed E-state index contributed by atoms with van der Waals surface area (Å²) in [6.07, 6.45) is 4.92. The van der Waals surface area contributed by atoms with E-state index in [1.807, 2.05) is 37.4 Å². The Hall–Kier alpha value is -2.34. The molecule has 6 nitrogen and oxygen atoms in total. The number of anilines is 1. The highest BCUT2D eigenvalue weighted by atomic mass is 16.3. The van der Waals surface area contributed by atoms with Crippen LogP contribution in [0.1, 0.15) is 25.7 Å². The van der Waals surface area contributed by atoms with Gasteiger partial charge in [0.05, 0.1) is 17.8 Å². The molecule has 1 aliphatic carbocycles. The molecule has 2 amide bonds. The molecule has 3 rings (SSSR count). The fourth-order valence-corrected chi connectivity index (χ4v) is 3.00. The quantitative estimate of drug-likeness (QED) is 0.814. The maximum absolute atomic E-state index is 12.2. The van der Waals surface area contributed by atoms with Crippen molar-refractivity contribution in [2.24, 2.45) is 7.05 Å². The number of aliphatic hydroxyl groups excluding tert-OH is 1. The third-order valence-electron chi connectivity index (χ3n) is 4.17. The SMILES string of the molecule is Cn1cc(NC(=O)NC2CCCCC2O)c(-c2ccccc2)n1. The molecule has 3 N–H and O–H groups in total. The van der Waals surface area contributed by atoms with Gasteiger partial charge in [-0.3, -0.25) is 4.68 Å². The number of aromatic nitrogens is 2. The van der Waals surface area contributed by atoms with Gasteiger partial charge in [-0.25, -0.2) is 4.79 Å². The van der Waals surface area contributed by atoms with E-state index >= 15 is 0 Å². The molecule has 2 aromatic rings. The normalized spacial score (nSPS) is 21.0. The van der Waals surface area contributed by atoms with E-state index in [0.717, 1.165) is 36.9 Å². The van der Waals surface area contributed by atoms with Gasteiger partial charge in [0, 0.05) is 18.8 Å². The van der Waals surface area contributed by atoms with Gasteiger partial charge < -0.3 is 15.7 Å². The average Bonchev–Trinajstić information content (AvgIpc) is 2.91. The van der Waals surface area contributed by atoms with Crippen LogP contribution in [0.3, 0.4) is 0 Å². The molecule has 1 fully saturated rings. The summed E-state index contributed by atoms with van der Waals surface area (Å²) >= 11 is 0. The minimum atomic E-state index is -0.461. The predicted octanol–water partition coefficient (Wildman–Crippen LogP) is 2.51. The predicted molar refractivity (Wildman–Crippen MR) is 89.1 cm³/mol. The standard InChI is InChI=1S/C17H22N4O2/c1-21-11-14(16(20-21)12-7-3-2-4-8-12)19-17(23)18-13-9-5-6-10-15(13)22/h2-4,7-8,11,13,15,22H,5-6,9-10H2,1H3,(H2,18,19,23). The first-order valence-corrected chi connectivity index (χ1v) is 7.98. The Morgan fingerprint density at radius 2 is 2.00 bits per heavy atom. The summed E-state index contributed by atoms with van der Waals surface area (Å²) in [5.41, 5.74) is 2.33. The Kier molecular flexibility index (Phi) is 4.62. The number of urea groups is 1. The van der Waals surface area contributed by atoms with Crippen molar-refractivity contribution in [1.82, 2.24) is 15.1 Å². The Bertz CT molecular complexity index is 668. The number of aliphatic hydroxyl groups is 1. The van der Waals surface area contributed by atoms with E-state index in [9.17, 15) is 9.90 Å². The molecule has 0 spiro atoms. The zero-order chi connectivity index (χ0) is 16.2. The van der Waals surface area contributed by atoms with Gasteiger partial charge in [-0.15, -0.1) is 0 Å².